The molecule has 0 saturated carbocycles. The molecule has 1 aliphatic rings. The van der Waals surface area contributed by atoms with Crippen molar-refractivity contribution >= 4 is 17.4 Å². The second kappa shape index (κ2) is 4.80. The summed E-state index contributed by atoms with van der Waals surface area (Å²) < 4.78 is 4.98. The lowest BCUT2D eigenvalue weighted by atomic mass is 10.0. The number of amides is 1. The van der Waals surface area contributed by atoms with Gasteiger partial charge in [0, 0.05) is 18.7 Å². The predicted molar refractivity (Wildman–Crippen MR) is 74.8 cm³/mol. The molecule has 20 heavy (non-hydrogen) atoms. The summed E-state index contributed by atoms with van der Waals surface area (Å²) in [4.78, 5) is 22.4. The van der Waals surface area contributed by atoms with Gasteiger partial charge in [0.05, 0.1) is 12.8 Å². The molecule has 6 heteroatoms. The molecule has 0 fully saturated rings. The lowest BCUT2D eigenvalue weighted by Crippen LogP contribution is -2.39. The zero-order valence-electron chi connectivity index (χ0n) is 11.0. The van der Waals surface area contributed by atoms with Gasteiger partial charge in [-0.2, -0.15) is 9.97 Å². The van der Waals surface area contributed by atoms with Crippen molar-refractivity contribution in [3.63, 3.8) is 0 Å². The fourth-order valence-corrected chi connectivity index (χ4v) is 2.32. The van der Waals surface area contributed by atoms with E-state index >= 15 is 0 Å². The molecule has 2 N–H and O–H groups in total. The van der Waals surface area contributed by atoms with Crippen molar-refractivity contribution in [2.45, 2.75) is 6.42 Å². The van der Waals surface area contributed by atoms with Gasteiger partial charge in [-0.25, -0.2) is 0 Å². The third kappa shape index (κ3) is 1.95. The third-order valence-corrected chi connectivity index (χ3v) is 3.27. The molecule has 0 atom stereocenters. The van der Waals surface area contributed by atoms with E-state index in [4.69, 9.17) is 10.5 Å². The smallest absolute Gasteiger partial charge is 0.318 e. The van der Waals surface area contributed by atoms with Crippen molar-refractivity contribution in [1.82, 2.24) is 9.97 Å². The number of methoxy groups -OCH3 is 1. The number of nitrogen functional groups attached to an aromatic ring is 1. The van der Waals surface area contributed by atoms with Gasteiger partial charge in [-0.15, -0.1) is 0 Å². The van der Waals surface area contributed by atoms with E-state index in [1.807, 2.05) is 30.3 Å². The van der Waals surface area contributed by atoms with Crippen LogP contribution < -0.4 is 15.4 Å². The van der Waals surface area contributed by atoms with Crippen LogP contribution in [-0.4, -0.2) is 29.5 Å². The molecule has 1 aromatic carbocycles. The molecule has 0 spiro atoms. The minimum Gasteiger partial charge on any atom is -0.467 e. The van der Waals surface area contributed by atoms with Gasteiger partial charge < -0.3 is 15.4 Å². The van der Waals surface area contributed by atoms with Crippen LogP contribution in [0, 0.1) is 0 Å². The summed E-state index contributed by atoms with van der Waals surface area (Å²) in [6.07, 6.45) is 0.624. The normalized spacial score (nSPS) is 14.1. The Balaban J connectivity index is 2.03. The van der Waals surface area contributed by atoms with Crippen LogP contribution in [0.3, 0.4) is 0 Å². The number of aromatic nitrogens is 2. The number of fused-ring (bicyclic) bond motifs is 1. The Kier molecular flexibility index (Phi) is 2.98. The average molecular weight is 270 g/mol. The van der Waals surface area contributed by atoms with E-state index in [9.17, 15) is 4.79 Å². The monoisotopic (exact) mass is 270 g/mol. The van der Waals surface area contributed by atoms with Crippen molar-refractivity contribution in [2.75, 3.05) is 24.3 Å². The maximum absolute atomic E-state index is 12.6. The molecule has 1 amide bonds. The molecule has 0 aliphatic carbocycles. The maximum atomic E-state index is 12.6. The lowest BCUT2D eigenvalue weighted by molar-refractivity contribution is 0.0980. The molecule has 0 unspecified atom stereocenters. The van der Waals surface area contributed by atoms with Gasteiger partial charge >= 0.3 is 6.01 Å². The third-order valence-electron chi connectivity index (χ3n) is 3.27. The van der Waals surface area contributed by atoms with Crippen molar-refractivity contribution in [3.05, 3.63) is 41.6 Å². The molecular formula is C14H14N4O2. The van der Waals surface area contributed by atoms with Gasteiger partial charge in [0.25, 0.3) is 5.91 Å². The summed E-state index contributed by atoms with van der Waals surface area (Å²) in [5.74, 6) is -0.00455. The molecule has 0 saturated heterocycles. The fraction of sp³-hybridized carbons (Fsp3) is 0.214. The number of nitrogens with two attached hydrogens (primary N) is 1. The fourth-order valence-electron chi connectivity index (χ4n) is 2.32. The molecule has 6 nitrogen and oxygen atoms in total. The summed E-state index contributed by atoms with van der Waals surface area (Å²) in [6, 6.07) is 9.68. The first-order valence-electron chi connectivity index (χ1n) is 6.28. The van der Waals surface area contributed by atoms with E-state index in [0.717, 1.165) is 5.69 Å². The first-order valence-corrected chi connectivity index (χ1v) is 6.28. The number of carbonyl (C=O) groups excluding carboxylic acids is 1. The van der Waals surface area contributed by atoms with Crippen molar-refractivity contribution < 1.29 is 9.53 Å². The average Bonchev–Trinajstić information content (AvgIpc) is 2.48. The number of ether oxygens (including phenoxy) is 1. The quantitative estimate of drug-likeness (QED) is 0.888. The zero-order chi connectivity index (χ0) is 14.1. The number of carbonyl (C=O) groups is 1. The molecule has 102 valence electrons. The maximum Gasteiger partial charge on any atom is 0.318 e. The van der Waals surface area contributed by atoms with Crippen LogP contribution in [0.5, 0.6) is 6.01 Å². The second-order valence-corrected chi connectivity index (χ2v) is 4.46. The van der Waals surface area contributed by atoms with Crippen LogP contribution in [0.1, 0.15) is 16.1 Å². The molecule has 1 aromatic heterocycles. The highest BCUT2D eigenvalue weighted by molar-refractivity contribution is 6.10. The first-order chi connectivity index (χ1) is 9.70. The van der Waals surface area contributed by atoms with Crippen molar-refractivity contribution in [3.8, 4) is 6.01 Å². The van der Waals surface area contributed by atoms with Crippen LogP contribution >= 0.6 is 0 Å². The van der Waals surface area contributed by atoms with Crippen LogP contribution in [-0.2, 0) is 6.42 Å². The number of benzene rings is 1. The van der Waals surface area contributed by atoms with E-state index < -0.39 is 0 Å². The highest BCUT2D eigenvalue weighted by atomic mass is 16.5. The highest BCUT2D eigenvalue weighted by Gasteiger charge is 2.30. The van der Waals surface area contributed by atoms with E-state index in [1.165, 1.54) is 7.11 Å². The number of hydrogen-bond donors (Lipinski definition) is 1. The number of anilines is 2. The molecule has 2 heterocycles. The second-order valence-electron chi connectivity index (χ2n) is 4.46. The minimum absolute atomic E-state index is 0.164. The molecular weight excluding hydrogens is 256 g/mol. The van der Waals surface area contributed by atoms with Crippen molar-refractivity contribution in [1.29, 1.82) is 0 Å². The van der Waals surface area contributed by atoms with E-state index in [0.29, 0.717) is 24.2 Å². The van der Waals surface area contributed by atoms with Crippen LogP contribution in [0.4, 0.5) is 11.5 Å². The van der Waals surface area contributed by atoms with Gasteiger partial charge in [-0.3, -0.25) is 4.79 Å². The predicted octanol–water partition coefficient (Wildman–Crippen LogP) is 1.27. The largest absolute Gasteiger partial charge is 0.467 e. The summed E-state index contributed by atoms with van der Waals surface area (Å²) in [5.41, 5.74) is 7.74. The van der Waals surface area contributed by atoms with Gasteiger partial charge in [0.2, 0.25) is 0 Å². The number of para-hydroxylation sites is 1. The zero-order valence-corrected chi connectivity index (χ0v) is 11.0. The van der Waals surface area contributed by atoms with Crippen molar-refractivity contribution in [2.24, 2.45) is 0 Å². The van der Waals surface area contributed by atoms with Gasteiger partial charge in [0.1, 0.15) is 11.4 Å². The van der Waals surface area contributed by atoms with Gasteiger partial charge in [0.15, 0.2) is 0 Å². The van der Waals surface area contributed by atoms with Gasteiger partial charge in [-0.1, -0.05) is 18.2 Å². The Morgan fingerprint density at radius 2 is 2.00 bits per heavy atom. The number of rotatable bonds is 2. The van der Waals surface area contributed by atoms with Crippen LogP contribution in [0.25, 0.3) is 0 Å². The summed E-state index contributed by atoms with van der Waals surface area (Å²) in [6.45, 7) is 0.565. The first kappa shape index (κ1) is 12.4. The summed E-state index contributed by atoms with van der Waals surface area (Å²) in [7, 11) is 1.47. The molecule has 0 radical (unpaired) electrons. The topological polar surface area (TPSA) is 81.3 Å². The summed E-state index contributed by atoms with van der Waals surface area (Å²) >= 11 is 0. The van der Waals surface area contributed by atoms with Gasteiger partial charge in [-0.05, 0) is 12.1 Å². The lowest BCUT2D eigenvalue weighted by Gasteiger charge is -2.28. The van der Waals surface area contributed by atoms with E-state index in [1.54, 1.807) is 4.90 Å². The Bertz CT molecular complexity index is 658. The van der Waals surface area contributed by atoms with E-state index in [-0.39, 0.29) is 17.7 Å². The summed E-state index contributed by atoms with van der Waals surface area (Å²) in [5, 5.41) is 0. The van der Waals surface area contributed by atoms with Crippen LogP contribution in [0.2, 0.25) is 0 Å². The standard InChI is InChI=1S/C14H14N4O2/c1-20-14-16-10-7-8-18(9-5-3-2-4-6-9)13(19)11(10)12(15)17-14/h2-6H,7-8H2,1H3,(H2,15,16,17). The Hall–Kier alpha value is -2.63. The Morgan fingerprint density at radius 1 is 1.25 bits per heavy atom. The van der Waals surface area contributed by atoms with Crippen LogP contribution in [0.15, 0.2) is 30.3 Å². The molecule has 1 aliphatic heterocycles. The number of nitrogens with zero attached hydrogens (tertiary/aromatic N) is 3. The van der Waals surface area contributed by atoms with E-state index in [2.05, 4.69) is 9.97 Å². The molecule has 3 rings (SSSR count). The highest BCUT2D eigenvalue weighted by Crippen LogP contribution is 2.27. The molecule has 0 bridgehead atoms. The Labute approximate surface area is 116 Å². The Morgan fingerprint density at radius 3 is 2.70 bits per heavy atom. The minimum atomic E-state index is -0.169. The number of hydrogen-bond acceptors (Lipinski definition) is 5. The SMILES string of the molecule is COc1nc(N)c2c(n1)CCN(c1ccccc1)C2=O. The molecule has 2 aromatic rings.